The summed E-state index contributed by atoms with van der Waals surface area (Å²) in [5.74, 6) is 2.34. The molecule has 0 radical (unpaired) electrons. The maximum atomic E-state index is 5.33. The zero-order chi connectivity index (χ0) is 15.2. The Morgan fingerprint density at radius 3 is 2.62 bits per heavy atom. The predicted octanol–water partition coefficient (Wildman–Crippen LogP) is 1.73. The first-order valence-corrected chi connectivity index (χ1v) is 6.94. The summed E-state index contributed by atoms with van der Waals surface area (Å²) in [5.41, 5.74) is 1.15. The molecule has 1 atom stereocenters. The highest BCUT2D eigenvalue weighted by molar-refractivity contribution is 5.43. The third-order valence-electron chi connectivity index (χ3n) is 3.35. The van der Waals surface area contributed by atoms with Crippen LogP contribution in [-0.4, -0.2) is 35.5 Å². The zero-order valence-electron chi connectivity index (χ0n) is 13.0. The fourth-order valence-electron chi connectivity index (χ4n) is 2.14. The number of rotatable bonds is 7. The summed E-state index contributed by atoms with van der Waals surface area (Å²) in [6.07, 6.45) is 2.52. The number of hydrogen-bond acceptors (Lipinski definition) is 5. The van der Waals surface area contributed by atoms with Gasteiger partial charge in [-0.25, -0.2) is 4.98 Å². The van der Waals surface area contributed by atoms with Gasteiger partial charge in [-0.3, -0.25) is 4.68 Å². The molecule has 6 nitrogen and oxygen atoms in total. The molecular weight excluding hydrogens is 268 g/mol. The van der Waals surface area contributed by atoms with Crippen LogP contribution in [0.4, 0.5) is 0 Å². The fraction of sp³-hybridized carbons (Fsp3) is 0.467. The Hall–Kier alpha value is -2.08. The van der Waals surface area contributed by atoms with E-state index in [1.807, 2.05) is 25.2 Å². The lowest BCUT2D eigenvalue weighted by atomic mass is 10.1. The van der Waals surface area contributed by atoms with Gasteiger partial charge in [0, 0.05) is 26.1 Å². The van der Waals surface area contributed by atoms with E-state index in [4.69, 9.17) is 9.47 Å². The third-order valence-corrected chi connectivity index (χ3v) is 3.35. The summed E-state index contributed by atoms with van der Waals surface area (Å²) in [4.78, 5) is 4.21. The van der Waals surface area contributed by atoms with E-state index in [0.717, 1.165) is 35.9 Å². The van der Waals surface area contributed by atoms with E-state index < -0.39 is 0 Å². The number of benzene rings is 1. The first-order valence-electron chi connectivity index (χ1n) is 6.94. The van der Waals surface area contributed by atoms with Crippen molar-refractivity contribution >= 4 is 0 Å². The highest BCUT2D eigenvalue weighted by atomic mass is 16.5. The Kier molecular flexibility index (Phi) is 5.16. The second-order valence-electron chi connectivity index (χ2n) is 4.87. The Bertz CT molecular complexity index is 583. The minimum atomic E-state index is 0.216. The van der Waals surface area contributed by atoms with Crippen LogP contribution in [0, 0.1) is 0 Å². The van der Waals surface area contributed by atoms with Crippen molar-refractivity contribution in [1.82, 2.24) is 20.1 Å². The molecule has 1 N–H and O–H groups in total. The van der Waals surface area contributed by atoms with Gasteiger partial charge in [-0.1, -0.05) is 6.07 Å². The summed E-state index contributed by atoms with van der Waals surface area (Å²) in [6, 6.07) is 6.17. The highest BCUT2D eigenvalue weighted by Gasteiger charge is 2.10. The number of aryl methyl sites for hydroxylation is 1. The molecule has 0 bridgehead atoms. The molecule has 114 valence electrons. The standard InChI is InChI=1S/C15H22N4O2/c1-11(16-8-7-15-17-10-19(2)18-15)12-5-6-13(20-3)14(9-12)21-4/h5-6,9-11,16H,7-8H2,1-4H3. The van der Waals surface area contributed by atoms with E-state index in [-0.39, 0.29) is 6.04 Å². The fourth-order valence-corrected chi connectivity index (χ4v) is 2.14. The zero-order valence-corrected chi connectivity index (χ0v) is 13.0. The van der Waals surface area contributed by atoms with Crippen molar-refractivity contribution < 1.29 is 9.47 Å². The van der Waals surface area contributed by atoms with Crippen LogP contribution in [0.25, 0.3) is 0 Å². The van der Waals surface area contributed by atoms with Crippen molar-refractivity contribution in [3.05, 3.63) is 35.9 Å². The number of nitrogens with one attached hydrogen (secondary N) is 1. The van der Waals surface area contributed by atoms with Gasteiger partial charge in [0.25, 0.3) is 0 Å². The number of nitrogens with zero attached hydrogens (tertiary/aromatic N) is 3. The van der Waals surface area contributed by atoms with E-state index in [1.165, 1.54) is 0 Å². The van der Waals surface area contributed by atoms with Gasteiger partial charge in [-0.15, -0.1) is 0 Å². The average molecular weight is 290 g/mol. The number of hydrogen-bond donors (Lipinski definition) is 1. The second-order valence-corrected chi connectivity index (χ2v) is 4.87. The van der Waals surface area contributed by atoms with Crippen molar-refractivity contribution in [2.24, 2.45) is 7.05 Å². The van der Waals surface area contributed by atoms with E-state index in [1.54, 1.807) is 25.2 Å². The van der Waals surface area contributed by atoms with Crippen LogP contribution < -0.4 is 14.8 Å². The van der Waals surface area contributed by atoms with E-state index in [9.17, 15) is 0 Å². The molecule has 1 unspecified atom stereocenters. The second kappa shape index (κ2) is 7.08. The molecule has 1 aromatic carbocycles. The largest absolute Gasteiger partial charge is 0.493 e. The summed E-state index contributed by atoms with van der Waals surface area (Å²) >= 11 is 0. The van der Waals surface area contributed by atoms with Crippen LogP contribution in [0.5, 0.6) is 11.5 Å². The van der Waals surface area contributed by atoms with Crippen molar-refractivity contribution in [3.8, 4) is 11.5 Å². The summed E-state index contributed by atoms with van der Waals surface area (Å²) in [5, 5.41) is 7.72. The van der Waals surface area contributed by atoms with Gasteiger partial charge < -0.3 is 14.8 Å². The molecule has 0 saturated carbocycles. The summed E-state index contributed by atoms with van der Waals surface area (Å²) in [7, 11) is 5.15. The van der Waals surface area contributed by atoms with Gasteiger partial charge >= 0.3 is 0 Å². The van der Waals surface area contributed by atoms with Crippen LogP contribution >= 0.6 is 0 Å². The molecule has 0 saturated heterocycles. The molecule has 6 heteroatoms. The smallest absolute Gasteiger partial charge is 0.161 e. The normalized spacial score (nSPS) is 12.2. The van der Waals surface area contributed by atoms with Crippen LogP contribution in [-0.2, 0) is 13.5 Å². The van der Waals surface area contributed by atoms with Crippen molar-refractivity contribution in [1.29, 1.82) is 0 Å². The minimum absolute atomic E-state index is 0.216. The minimum Gasteiger partial charge on any atom is -0.493 e. The Balaban J connectivity index is 1.92. The first-order chi connectivity index (χ1) is 10.1. The lowest BCUT2D eigenvalue weighted by molar-refractivity contribution is 0.354. The van der Waals surface area contributed by atoms with Gasteiger partial charge in [0.1, 0.15) is 6.33 Å². The maximum absolute atomic E-state index is 5.33. The van der Waals surface area contributed by atoms with E-state index >= 15 is 0 Å². The van der Waals surface area contributed by atoms with Crippen LogP contribution in [0.2, 0.25) is 0 Å². The van der Waals surface area contributed by atoms with Crippen molar-refractivity contribution in [2.75, 3.05) is 20.8 Å². The van der Waals surface area contributed by atoms with Gasteiger partial charge in [0.05, 0.1) is 14.2 Å². The Morgan fingerprint density at radius 1 is 1.24 bits per heavy atom. The lowest BCUT2D eigenvalue weighted by Crippen LogP contribution is -2.21. The molecule has 0 spiro atoms. The molecule has 2 aromatic rings. The van der Waals surface area contributed by atoms with Gasteiger partial charge in [0.15, 0.2) is 17.3 Å². The quantitative estimate of drug-likeness (QED) is 0.841. The summed E-state index contributed by atoms with van der Waals surface area (Å²) < 4.78 is 12.3. The van der Waals surface area contributed by atoms with Gasteiger partial charge in [-0.05, 0) is 24.6 Å². The molecule has 21 heavy (non-hydrogen) atoms. The van der Waals surface area contributed by atoms with Crippen LogP contribution in [0.3, 0.4) is 0 Å². The molecule has 1 heterocycles. The Labute approximate surface area is 125 Å². The molecule has 0 aliphatic carbocycles. The van der Waals surface area contributed by atoms with Crippen molar-refractivity contribution in [2.45, 2.75) is 19.4 Å². The first kappa shape index (κ1) is 15.3. The number of ether oxygens (including phenoxy) is 2. The molecule has 0 aliphatic heterocycles. The number of aromatic nitrogens is 3. The van der Waals surface area contributed by atoms with Crippen LogP contribution in [0.15, 0.2) is 24.5 Å². The maximum Gasteiger partial charge on any atom is 0.161 e. The van der Waals surface area contributed by atoms with Gasteiger partial charge in [0.2, 0.25) is 0 Å². The molecule has 0 amide bonds. The van der Waals surface area contributed by atoms with E-state index in [0.29, 0.717) is 0 Å². The number of methoxy groups -OCH3 is 2. The molecular formula is C15H22N4O2. The molecule has 0 aliphatic rings. The third kappa shape index (κ3) is 3.95. The molecule has 0 fully saturated rings. The average Bonchev–Trinajstić information content (AvgIpc) is 2.91. The predicted molar refractivity (Wildman–Crippen MR) is 80.7 cm³/mol. The topological polar surface area (TPSA) is 61.2 Å². The summed E-state index contributed by atoms with van der Waals surface area (Å²) in [6.45, 7) is 2.94. The SMILES string of the molecule is COc1ccc(C(C)NCCc2ncn(C)n2)cc1OC. The van der Waals surface area contributed by atoms with Gasteiger partial charge in [-0.2, -0.15) is 5.10 Å². The molecule has 2 rings (SSSR count). The monoisotopic (exact) mass is 290 g/mol. The lowest BCUT2D eigenvalue weighted by Gasteiger charge is -2.16. The highest BCUT2D eigenvalue weighted by Crippen LogP contribution is 2.29. The van der Waals surface area contributed by atoms with E-state index in [2.05, 4.69) is 22.3 Å². The Morgan fingerprint density at radius 2 is 2.00 bits per heavy atom. The van der Waals surface area contributed by atoms with Crippen molar-refractivity contribution in [3.63, 3.8) is 0 Å². The van der Waals surface area contributed by atoms with Crippen LogP contribution in [0.1, 0.15) is 24.4 Å². The molecule has 1 aromatic heterocycles.